The SMILES string of the molecule is C[C@H](NC(N)=O)C(=O)Nc1cccc(S(=O)(=O)Nc2cccc(C(F)(F)F)c2)c1. The van der Waals surface area contributed by atoms with Gasteiger partial charge in [0, 0.05) is 11.4 Å². The number of primary amides is 1. The third-order valence-corrected chi connectivity index (χ3v) is 4.99. The van der Waals surface area contributed by atoms with E-state index in [2.05, 4.69) is 15.4 Å². The van der Waals surface area contributed by atoms with E-state index in [1.54, 1.807) is 0 Å². The number of rotatable bonds is 6. The maximum absolute atomic E-state index is 12.8. The first-order valence-corrected chi connectivity index (χ1v) is 9.54. The van der Waals surface area contributed by atoms with E-state index in [0.29, 0.717) is 6.07 Å². The van der Waals surface area contributed by atoms with Crippen molar-refractivity contribution in [2.45, 2.75) is 24.0 Å². The molecule has 0 fully saturated rings. The summed E-state index contributed by atoms with van der Waals surface area (Å²) in [5.74, 6) is -0.649. The number of amides is 3. The number of nitrogens with two attached hydrogens (primary N) is 1. The van der Waals surface area contributed by atoms with Crippen molar-refractivity contribution >= 4 is 33.3 Å². The van der Waals surface area contributed by atoms with Crippen molar-refractivity contribution in [3.63, 3.8) is 0 Å². The molecule has 0 aliphatic carbocycles. The van der Waals surface area contributed by atoms with Gasteiger partial charge in [0.2, 0.25) is 5.91 Å². The molecule has 0 aliphatic heterocycles. The van der Waals surface area contributed by atoms with Crippen molar-refractivity contribution in [3.05, 3.63) is 54.1 Å². The zero-order valence-corrected chi connectivity index (χ0v) is 15.8. The van der Waals surface area contributed by atoms with Gasteiger partial charge in [-0.05, 0) is 43.3 Å². The van der Waals surface area contributed by atoms with Gasteiger partial charge in [-0.15, -0.1) is 0 Å². The van der Waals surface area contributed by atoms with E-state index in [4.69, 9.17) is 5.73 Å². The van der Waals surface area contributed by atoms with Gasteiger partial charge in [-0.2, -0.15) is 13.2 Å². The average molecular weight is 430 g/mol. The number of hydrogen-bond acceptors (Lipinski definition) is 4. The maximum Gasteiger partial charge on any atom is 0.416 e. The fourth-order valence-corrected chi connectivity index (χ4v) is 3.34. The Kier molecular flexibility index (Phi) is 6.37. The van der Waals surface area contributed by atoms with Crippen molar-refractivity contribution in [3.8, 4) is 0 Å². The molecule has 2 aromatic rings. The van der Waals surface area contributed by atoms with Gasteiger partial charge in [0.25, 0.3) is 10.0 Å². The second kappa shape index (κ2) is 8.39. The monoisotopic (exact) mass is 430 g/mol. The van der Waals surface area contributed by atoms with Crippen LogP contribution in [0.25, 0.3) is 0 Å². The zero-order chi connectivity index (χ0) is 21.8. The molecule has 0 aromatic heterocycles. The first kappa shape index (κ1) is 22.0. The molecule has 0 saturated heterocycles. The Morgan fingerprint density at radius 1 is 1.03 bits per heavy atom. The number of urea groups is 1. The zero-order valence-electron chi connectivity index (χ0n) is 14.9. The van der Waals surface area contributed by atoms with Crippen LogP contribution >= 0.6 is 0 Å². The quantitative estimate of drug-likeness (QED) is 0.561. The molecule has 0 saturated carbocycles. The van der Waals surface area contributed by atoms with E-state index in [1.807, 2.05) is 0 Å². The highest BCUT2D eigenvalue weighted by Crippen LogP contribution is 2.31. The van der Waals surface area contributed by atoms with Gasteiger partial charge in [-0.3, -0.25) is 9.52 Å². The van der Waals surface area contributed by atoms with Crippen LogP contribution in [0.2, 0.25) is 0 Å². The van der Waals surface area contributed by atoms with E-state index in [-0.39, 0.29) is 16.3 Å². The summed E-state index contributed by atoms with van der Waals surface area (Å²) >= 11 is 0. The number of anilines is 2. The number of halogens is 3. The smallest absolute Gasteiger partial charge is 0.352 e. The van der Waals surface area contributed by atoms with E-state index in [9.17, 15) is 31.2 Å². The summed E-state index contributed by atoms with van der Waals surface area (Å²) in [6.45, 7) is 1.37. The van der Waals surface area contributed by atoms with Gasteiger partial charge in [0.15, 0.2) is 0 Å². The Morgan fingerprint density at radius 3 is 2.28 bits per heavy atom. The van der Waals surface area contributed by atoms with E-state index in [0.717, 1.165) is 18.2 Å². The molecule has 0 unspecified atom stereocenters. The Bertz CT molecular complexity index is 1030. The van der Waals surface area contributed by atoms with Crippen LogP contribution in [-0.4, -0.2) is 26.4 Å². The standard InChI is InChI=1S/C17H17F3N4O4S/c1-10(22-16(21)26)15(25)23-12-5-3-7-14(9-12)29(27,28)24-13-6-2-4-11(8-13)17(18,19)20/h2-10,24H,1H3,(H,23,25)(H3,21,22,26)/t10-/m0/s1. The summed E-state index contributed by atoms with van der Waals surface area (Å²) in [7, 11) is -4.23. The molecular formula is C17H17F3N4O4S. The van der Waals surface area contributed by atoms with Crippen LogP contribution in [0.15, 0.2) is 53.4 Å². The molecule has 0 radical (unpaired) electrons. The Labute approximate surface area is 164 Å². The second-order valence-electron chi connectivity index (χ2n) is 5.93. The van der Waals surface area contributed by atoms with E-state index >= 15 is 0 Å². The summed E-state index contributed by atoms with van der Waals surface area (Å²) < 4.78 is 65.4. The van der Waals surface area contributed by atoms with Crippen molar-refractivity contribution in [2.75, 3.05) is 10.0 Å². The average Bonchev–Trinajstić information content (AvgIpc) is 2.60. The molecule has 1 atom stereocenters. The molecule has 3 amide bonds. The van der Waals surface area contributed by atoms with Gasteiger partial charge >= 0.3 is 12.2 Å². The molecule has 12 heteroatoms. The molecule has 0 heterocycles. The predicted octanol–water partition coefficient (Wildman–Crippen LogP) is 2.50. The summed E-state index contributed by atoms with van der Waals surface area (Å²) in [5.41, 5.74) is 3.75. The third kappa shape index (κ3) is 6.10. The van der Waals surface area contributed by atoms with Crippen LogP contribution in [0.4, 0.5) is 29.3 Å². The van der Waals surface area contributed by atoms with Gasteiger partial charge in [-0.1, -0.05) is 12.1 Å². The number of benzene rings is 2. The number of hydrogen-bond donors (Lipinski definition) is 4. The summed E-state index contributed by atoms with van der Waals surface area (Å²) in [6.07, 6.45) is -4.62. The minimum Gasteiger partial charge on any atom is -0.352 e. The number of carbonyl (C=O) groups excluding carboxylic acids is 2. The maximum atomic E-state index is 12.8. The normalized spacial score (nSPS) is 12.7. The molecule has 0 bridgehead atoms. The Balaban J connectivity index is 2.21. The van der Waals surface area contributed by atoms with Gasteiger partial charge in [-0.25, -0.2) is 13.2 Å². The molecule has 156 valence electrons. The van der Waals surface area contributed by atoms with Crippen LogP contribution in [0.5, 0.6) is 0 Å². The minimum atomic E-state index is -4.62. The van der Waals surface area contributed by atoms with Crippen LogP contribution < -0.4 is 21.1 Å². The van der Waals surface area contributed by atoms with Crippen molar-refractivity contribution < 1.29 is 31.2 Å². The van der Waals surface area contributed by atoms with Crippen molar-refractivity contribution in [2.24, 2.45) is 5.73 Å². The Morgan fingerprint density at radius 2 is 1.66 bits per heavy atom. The largest absolute Gasteiger partial charge is 0.416 e. The van der Waals surface area contributed by atoms with Crippen molar-refractivity contribution in [1.82, 2.24) is 5.32 Å². The first-order valence-electron chi connectivity index (χ1n) is 8.05. The number of alkyl halides is 3. The fraction of sp³-hybridized carbons (Fsp3) is 0.176. The molecule has 8 nitrogen and oxygen atoms in total. The molecule has 0 aliphatic rings. The topological polar surface area (TPSA) is 130 Å². The highest BCUT2D eigenvalue weighted by Gasteiger charge is 2.30. The molecule has 2 rings (SSSR count). The van der Waals surface area contributed by atoms with Crippen LogP contribution in [-0.2, 0) is 21.0 Å². The second-order valence-corrected chi connectivity index (χ2v) is 7.61. The number of carbonyl (C=O) groups is 2. The number of sulfonamides is 1. The Hall–Kier alpha value is -3.28. The van der Waals surface area contributed by atoms with Crippen LogP contribution in [0.3, 0.4) is 0 Å². The van der Waals surface area contributed by atoms with Crippen molar-refractivity contribution in [1.29, 1.82) is 0 Å². The van der Waals surface area contributed by atoms with Gasteiger partial charge in [0.05, 0.1) is 10.5 Å². The predicted molar refractivity (Wildman–Crippen MR) is 99.5 cm³/mol. The molecule has 5 N–H and O–H groups in total. The summed E-state index contributed by atoms with van der Waals surface area (Å²) in [5, 5.41) is 4.56. The highest BCUT2D eigenvalue weighted by molar-refractivity contribution is 7.92. The lowest BCUT2D eigenvalue weighted by Gasteiger charge is -2.14. The molecule has 29 heavy (non-hydrogen) atoms. The molecule has 2 aromatic carbocycles. The molecular weight excluding hydrogens is 413 g/mol. The van der Waals surface area contributed by atoms with Gasteiger partial charge in [0.1, 0.15) is 6.04 Å². The summed E-state index contributed by atoms with van der Waals surface area (Å²) in [6, 6.07) is 6.91. The minimum absolute atomic E-state index is 0.0973. The lowest BCUT2D eigenvalue weighted by Crippen LogP contribution is -2.44. The number of nitrogens with one attached hydrogen (secondary N) is 3. The van der Waals surface area contributed by atoms with E-state index in [1.165, 1.54) is 31.2 Å². The summed E-state index contributed by atoms with van der Waals surface area (Å²) in [4.78, 5) is 22.5. The van der Waals surface area contributed by atoms with Gasteiger partial charge < -0.3 is 16.4 Å². The van der Waals surface area contributed by atoms with Crippen LogP contribution in [0, 0.1) is 0 Å². The lowest BCUT2D eigenvalue weighted by atomic mass is 10.2. The molecule has 0 spiro atoms. The van der Waals surface area contributed by atoms with E-state index < -0.39 is 39.7 Å². The lowest BCUT2D eigenvalue weighted by molar-refractivity contribution is -0.137. The van der Waals surface area contributed by atoms with Crippen LogP contribution in [0.1, 0.15) is 12.5 Å². The third-order valence-electron chi connectivity index (χ3n) is 3.61. The first-order chi connectivity index (χ1) is 13.4. The fourth-order valence-electron chi connectivity index (χ4n) is 2.24. The highest BCUT2D eigenvalue weighted by atomic mass is 32.2.